The zero-order valence-corrected chi connectivity index (χ0v) is 22.3. The number of piperidine rings is 1. The average Bonchev–Trinajstić information content (AvgIpc) is 3.28. The van der Waals surface area contributed by atoms with Gasteiger partial charge in [-0.15, -0.1) is 0 Å². The fraction of sp³-hybridized carbons (Fsp3) is 0.600. The van der Waals surface area contributed by atoms with Gasteiger partial charge in [0.05, 0.1) is 6.54 Å². The minimum absolute atomic E-state index is 0.0107. The van der Waals surface area contributed by atoms with Gasteiger partial charge in [-0.05, 0) is 75.6 Å². The van der Waals surface area contributed by atoms with E-state index in [2.05, 4.69) is 54.4 Å². The van der Waals surface area contributed by atoms with Crippen LogP contribution in [-0.4, -0.2) is 52.8 Å². The van der Waals surface area contributed by atoms with Crippen LogP contribution >= 0.6 is 0 Å². The first kappa shape index (κ1) is 26.5. The second-order valence-corrected chi connectivity index (χ2v) is 11.1. The molecule has 2 aromatic rings. The number of piperazine rings is 1. The van der Waals surface area contributed by atoms with Gasteiger partial charge in [-0.1, -0.05) is 57.0 Å². The second-order valence-electron chi connectivity index (χ2n) is 11.1. The molecule has 2 fully saturated rings. The third-order valence-corrected chi connectivity index (χ3v) is 7.84. The maximum atomic E-state index is 13.6. The molecular weight excluding hydrogens is 450 g/mol. The zero-order chi connectivity index (χ0) is 25.5. The van der Waals surface area contributed by atoms with Gasteiger partial charge >= 0.3 is 0 Å². The molecule has 0 radical (unpaired) electrons. The number of carbonyl (C=O) groups is 2. The minimum Gasteiger partial charge on any atom is -0.464 e. The summed E-state index contributed by atoms with van der Waals surface area (Å²) in [5.74, 6) is 1.94. The molecule has 0 unspecified atom stereocenters. The van der Waals surface area contributed by atoms with E-state index >= 15 is 0 Å². The van der Waals surface area contributed by atoms with Gasteiger partial charge in [0.25, 0.3) is 0 Å². The SMILES string of the molecule is Cc1ccc(CN2C(=O)[C@H](CC(C)C)NC(=O)C23CCN(CCCCCCc2ccccc2)CC3)o1. The maximum Gasteiger partial charge on any atom is 0.246 e. The topological polar surface area (TPSA) is 65.8 Å². The number of benzene rings is 1. The molecule has 0 bridgehead atoms. The highest BCUT2D eigenvalue weighted by molar-refractivity contribution is 6.00. The fourth-order valence-electron chi connectivity index (χ4n) is 5.77. The summed E-state index contributed by atoms with van der Waals surface area (Å²) in [5, 5.41) is 3.09. The summed E-state index contributed by atoms with van der Waals surface area (Å²) in [5.41, 5.74) is 0.640. The molecule has 4 rings (SSSR count). The van der Waals surface area contributed by atoms with Crippen molar-refractivity contribution < 1.29 is 14.0 Å². The summed E-state index contributed by atoms with van der Waals surface area (Å²) >= 11 is 0. The highest BCUT2D eigenvalue weighted by atomic mass is 16.3. The standard InChI is InChI=1S/C30H43N3O3/c1-23(2)21-27-28(34)33(22-26-15-14-24(3)36-26)30(29(35)31-27)16-19-32(20-17-30)18-10-5-4-7-11-25-12-8-6-9-13-25/h6,8-9,12-15,23,27H,4-5,7,10-11,16-22H2,1-3H3,(H,31,35)/t27-/m0/s1. The Labute approximate surface area is 216 Å². The Hall–Kier alpha value is -2.60. The fourth-order valence-corrected chi connectivity index (χ4v) is 5.77. The molecule has 1 spiro atoms. The molecule has 2 aliphatic heterocycles. The van der Waals surface area contributed by atoms with E-state index in [9.17, 15) is 9.59 Å². The summed E-state index contributed by atoms with van der Waals surface area (Å²) in [6.45, 7) is 9.18. The van der Waals surface area contributed by atoms with Gasteiger partial charge in [0, 0.05) is 13.1 Å². The Bertz CT molecular complexity index is 992. The average molecular weight is 494 g/mol. The molecule has 0 saturated carbocycles. The molecule has 1 aromatic heterocycles. The van der Waals surface area contributed by atoms with Crippen LogP contribution in [0.3, 0.4) is 0 Å². The quantitative estimate of drug-likeness (QED) is 0.443. The molecule has 1 N–H and O–H groups in total. The molecule has 1 atom stereocenters. The maximum absolute atomic E-state index is 13.6. The Morgan fingerprint density at radius 3 is 2.39 bits per heavy atom. The monoisotopic (exact) mass is 493 g/mol. The van der Waals surface area contributed by atoms with Gasteiger partial charge in [0.1, 0.15) is 23.1 Å². The molecule has 6 heteroatoms. The number of nitrogens with zero attached hydrogens (tertiary/aromatic N) is 2. The smallest absolute Gasteiger partial charge is 0.246 e. The predicted molar refractivity (Wildman–Crippen MR) is 142 cm³/mol. The number of rotatable bonds is 11. The molecule has 2 saturated heterocycles. The van der Waals surface area contributed by atoms with E-state index in [1.54, 1.807) is 0 Å². The summed E-state index contributed by atoms with van der Waals surface area (Å²) in [7, 11) is 0. The number of amides is 2. The summed E-state index contributed by atoms with van der Waals surface area (Å²) in [4.78, 5) is 31.4. The Kier molecular flexibility index (Phi) is 8.89. The zero-order valence-electron chi connectivity index (χ0n) is 22.3. The molecule has 1 aromatic carbocycles. The van der Waals surface area contributed by atoms with Crippen molar-refractivity contribution in [2.75, 3.05) is 19.6 Å². The van der Waals surface area contributed by atoms with Crippen LogP contribution in [0.4, 0.5) is 0 Å². The van der Waals surface area contributed by atoms with Crippen molar-refractivity contribution in [3.8, 4) is 0 Å². The molecule has 2 aliphatic rings. The van der Waals surface area contributed by atoms with E-state index < -0.39 is 11.6 Å². The lowest BCUT2D eigenvalue weighted by Gasteiger charge is -2.51. The van der Waals surface area contributed by atoms with Crippen LogP contribution in [0, 0.1) is 12.8 Å². The van der Waals surface area contributed by atoms with Crippen molar-refractivity contribution in [1.82, 2.24) is 15.1 Å². The van der Waals surface area contributed by atoms with Crippen molar-refractivity contribution in [3.05, 3.63) is 59.5 Å². The number of furan rings is 1. The van der Waals surface area contributed by atoms with Crippen LogP contribution < -0.4 is 5.32 Å². The highest BCUT2D eigenvalue weighted by Gasteiger charge is 2.53. The third kappa shape index (κ3) is 6.39. The molecule has 0 aliphatic carbocycles. The first-order valence-corrected chi connectivity index (χ1v) is 13.8. The van der Waals surface area contributed by atoms with Crippen LogP contribution in [-0.2, 0) is 22.6 Å². The largest absolute Gasteiger partial charge is 0.464 e. The normalized spacial score (nSPS) is 20.3. The molecular formula is C30H43N3O3. The summed E-state index contributed by atoms with van der Waals surface area (Å²) in [6.07, 6.45) is 8.04. The van der Waals surface area contributed by atoms with Crippen LogP contribution in [0.2, 0.25) is 0 Å². The van der Waals surface area contributed by atoms with Crippen molar-refractivity contribution in [2.45, 2.75) is 90.3 Å². The lowest BCUT2D eigenvalue weighted by Crippen LogP contribution is -2.72. The first-order valence-electron chi connectivity index (χ1n) is 13.8. The van der Waals surface area contributed by atoms with E-state index in [0.29, 0.717) is 31.7 Å². The summed E-state index contributed by atoms with van der Waals surface area (Å²) < 4.78 is 5.82. The number of carbonyl (C=O) groups excluding carboxylic acids is 2. The molecule has 196 valence electrons. The van der Waals surface area contributed by atoms with Crippen LogP contribution in [0.5, 0.6) is 0 Å². The molecule has 2 amide bonds. The summed E-state index contributed by atoms with van der Waals surface area (Å²) in [6, 6.07) is 14.1. The molecule has 36 heavy (non-hydrogen) atoms. The van der Waals surface area contributed by atoms with Crippen LogP contribution in [0.15, 0.2) is 46.9 Å². The number of likely N-dealkylation sites (tertiary alicyclic amines) is 1. The lowest BCUT2D eigenvalue weighted by atomic mass is 9.80. The van der Waals surface area contributed by atoms with Gasteiger partial charge in [-0.3, -0.25) is 9.59 Å². The molecule has 6 nitrogen and oxygen atoms in total. The van der Waals surface area contributed by atoms with Crippen LogP contribution in [0.25, 0.3) is 0 Å². The van der Waals surface area contributed by atoms with Gasteiger partial charge < -0.3 is 19.5 Å². The molecule has 3 heterocycles. The second kappa shape index (κ2) is 12.1. The van der Waals surface area contributed by atoms with Crippen molar-refractivity contribution >= 4 is 11.8 Å². The van der Waals surface area contributed by atoms with Crippen molar-refractivity contribution in [2.24, 2.45) is 5.92 Å². The third-order valence-electron chi connectivity index (χ3n) is 7.84. The van der Waals surface area contributed by atoms with E-state index in [0.717, 1.165) is 37.6 Å². The van der Waals surface area contributed by atoms with Gasteiger partial charge in [0.2, 0.25) is 11.8 Å². The predicted octanol–water partition coefficient (Wildman–Crippen LogP) is 5.10. The minimum atomic E-state index is -0.780. The lowest BCUT2D eigenvalue weighted by molar-refractivity contribution is -0.163. The van der Waals surface area contributed by atoms with E-state index in [1.165, 1.54) is 31.2 Å². The van der Waals surface area contributed by atoms with Crippen LogP contribution in [0.1, 0.15) is 75.9 Å². The van der Waals surface area contributed by atoms with E-state index in [-0.39, 0.29) is 11.8 Å². The number of hydrogen-bond acceptors (Lipinski definition) is 4. The number of aryl methyl sites for hydroxylation is 2. The van der Waals surface area contributed by atoms with Crippen molar-refractivity contribution in [1.29, 1.82) is 0 Å². The van der Waals surface area contributed by atoms with Gasteiger partial charge in [-0.2, -0.15) is 0 Å². The number of hydrogen-bond donors (Lipinski definition) is 1. The highest BCUT2D eigenvalue weighted by Crippen LogP contribution is 2.35. The van der Waals surface area contributed by atoms with E-state index in [4.69, 9.17) is 4.42 Å². The van der Waals surface area contributed by atoms with Gasteiger partial charge in [-0.25, -0.2) is 0 Å². The Morgan fingerprint density at radius 1 is 1.00 bits per heavy atom. The van der Waals surface area contributed by atoms with E-state index in [1.807, 2.05) is 24.0 Å². The Morgan fingerprint density at radius 2 is 1.72 bits per heavy atom. The number of nitrogens with one attached hydrogen (secondary N) is 1. The van der Waals surface area contributed by atoms with Gasteiger partial charge in [0.15, 0.2) is 0 Å². The first-order chi connectivity index (χ1) is 17.4. The number of unbranched alkanes of at least 4 members (excludes halogenated alkanes) is 3. The Balaban J connectivity index is 1.31. The van der Waals surface area contributed by atoms with Crippen molar-refractivity contribution in [3.63, 3.8) is 0 Å².